The molecule has 2 N–H and O–H groups in total. The second-order valence-corrected chi connectivity index (χ2v) is 5.95. The van der Waals surface area contributed by atoms with E-state index in [4.69, 9.17) is 5.11 Å². The maximum absolute atomic E-state index is 11.9. The van der Waals surface area contributed by atoms with Crippen molar-refractivity contribution < 1.29 is 14.7 Å². The van der Waals surface area contributed by atoms with E-state index in [1.807, 2.05) is 37.3 Å². The van der Waals surface area contributed by atoms with E-state index in [0.717, 1.165) is 11.4 Å². The standard InChI is InChI=1S/C15H18N4O3S/c1-11-13(9-14(20)16-7-8-23-10-15(21)22)17-18-19(11)12-5-3-2-4-6-12/h2-6H,7-10H2,1H3,(H,16,20)(H,21,22). The van der Waals surface area contributed by atoms with Crippen molar-refractivity contribution in [1.82, 2.24) is 20.3 Å². The van der Waals surface area contributed by atoms with E-state index in [1.54, 1.807) is 4.68 Å². The third kappa shape index (κ3) is 5.10. The van der Waals surface area contributed by atoms with Gasteiger partial charge in [0.05, 0.1) is 29.2 Å². The average molecular weight is 334 g/mol. The second kappa shape index (κ2) is 8.33. The highest BCUT2D eigenvalue weighted by Gasteiger charge is 2.13. The van der Waals surface area contributed by atoms with Crippen molar-refractivity contribution in [2.75, 3.05) is 18.1 Å². The van der Waals surface area contributed by atoms with Crippen molar-refractivity contribution in [3.05, 3.63) is 41.7 Å². The smallest absolute Gasteiger partial charge is 0.313 e. The zero-order chi connectivity index (χ0) is 16.7. The third-order valence-corrected chi connectivity index (χ3v) is 4.06. The molecule has 0 saturated heterocycles. The molecular formula is C15H18N4O3S. The maximum atomic E-state index is 11.9. The summed E-state index contributed by atoms with van der Waals surface area (Å²) in [6.45, 7) is 2.31. The van der Waals surface area contributed by atoms with Crippen LogP contribution < -0.4 is 5.32 Å². The van der Waals surface area contributed by atoms with Crippen LogP contribution in [0.25, 0.3) is 5.69 Å². The van der Waals surface area contributed by atoms with E-state index >= 15 is 0 Å². The van der Waals surface area contributed by atoms with E-state index in [1.165, 1.54) is 11.8 Å². The lowest BCUT2D eigenvalue weighted by Gasteiger charge is -2.05. The molecule has 0 bridgehead atoms. The average Bonchev–Trinajstić information content (AvgIpc) is 2.88. The first-order valence-corrected chi connectivity index (χ1v) is 8.26. The van der Waals surface area contributed by atoms with E-state index in [9.17, 15) is 9.59 Å². The highest BCUT2D eigenvalue weighted by Crippen LogP contribution is 2.12. The van der Waals surface area contributed by atoms with Crippen molar-refractivity contribution >= 4 is 23.6 Å². The number of hydrogen-bond acceptors (Lipinski definition) is 5. The molecule has 1 aromatic heterocycles. The van der Waals surface area contributed by atoms with Gasteiger partial charge in [-0.3, -0.25) is 9.59 Å². The predicted octanol–water partition coefficient (Wildman–Crippen LogP) is 1.05. The lowest BCUT2D eigenvalue weighted by molar-refractivity contribution is -0.133. The molecule has 23 heavy (non-hydrogen) atoms. The fourth-order valence-electron chi connectivity index (χ4n) is 1.97. The number of carbonyl (C=O) groups excluding carboxylic acids is 1. The number of carboxylic acid groups (broad SMARTS) is 1. The van der Waals surface area contributed by atoms with Gasteiger partial charge in [0.2, 0.25) is 5.91 Å². The summed E-state index contributed by atoms with van der Waals surface area (Å²) in [7, 11) is 0. The number of amides is 1. The summed E-state index contributed by atoms with van der Waals surface area (Å²) in [6, 6.07) is 9.60. The van der Waals surface area contributed by atoms with Gasteiger partial charge in [-0.05, 0) is 19.1 Å². The minimum atomic E-state index is -0.852. The summed E-state index contributed by atoms with van der Waals surface area (Å²) < 4.78 is 1.70. The molecule has 0 fully saturated rings. The molecule has 0 aliphatic rings. The Balaban J connectivity index is 1.85. The Hall–Kier alpha value is -2.35. The molecule has 0 spiro atoms. The van der Waals surface area contributed by atoms with Crippen LogP contribution in [0.5, 0.6) is 0 Å². The number of carbonyl (C=O) groups is 2. The van der Waals surface area contributed by atoms with E-state index in [-0.39, 0.29) is 18.1 Å². The molecule has 122 valence electrons. The summed E-state index contributed by atoms with van der Waals surface area (Å²) in [5.74, 6) is -0.396. The largest absolute Gasteiger partial charge is 0.481 e. The SMILES string of the molecule is Cc1c(CC(=O)NCCSCC(=O)O)nnn1-c1ccccc1. The quantitative estimate of drug-likeness (QED) is 0.701. The molecule has 0 saturated carbocycles. The van der Waals surface area contributed by atoms with Crippen molar-refractivity contribution in [2.45, 2.75) is 13.3 Å². The van der Waals surface area contributed by atoms with E-state index < -0.39 is 5.97 Å². The second-order valence-electron chi connectivity index (χ2n) is 4.84. The van der Waals surface area contributed by atoms with Gasteiger partial charge in [-0.15, -0.1) is 16.9 Å². The van der Waals surface area contributed by atoms with Crippen molar-refractivity contribution in [3.63, 3.8) is 0 Å². The number of nitrogens with zero attached hydrogens (tertiary/aromatic N) is 3. The molecule has 1 aromatic carbocycles. The van der Waals surface area contributed by atoms with Gasteiger partial charge >= 0.3 is 5.97 Å². The van der Waals surface area contributed by atoms with Gasteiger partial charge in [-0.2, -0.15) is 0 Å². The van der Waals surface area contributed by atoms with Gasteiger partial charge < -0.3 is 10.4 Å². The summed E-state index contributed by atoms with van der Waals surface area (Å²) in [4.78, 5) is 22.3. The van der Waals surface area contributed by atoms with Gasteiger partial charge in [0.25, 0.3) is 0 Å². The van der Waals surface area contributed by atoms with Crippen LogP contribution in [0, 0.1) is 6.92 Å². The Kier molecular flexibility index (Phi) is 6.16. The fraction of sp³-hybridized carbons (Fsp3) is 0.333. The van der Waals surface area contributed by atoms with Crippen LogP contribution >= 0.6 is 11.8 Å². The first kappa shape index (κ1) is 17.0. The molecule has 7 nitrogen and oxygen atoms in total. The molecule has 2 aromatic rings. The highest BCUT2D eigenvalue weighted by molar-refractivity contribution is 7.99. The normalized spacial score (nSPS) is 10.5. The number of aliphatic carboxylic acids is 1. The number of aromatic nitrogens is 3. The van der Waals surface area contributed by atoms with Crippen molar-refractivity contribution in [1.29, 1.82) is 0 Å². The van der Waals surface area contributed by atoms with E-state index in [0.29, 0.717) is 18.0 Å². The van der Waals surface area contributed by atoms with Gasteiger partial charge in [-0.1, -0.05) is 23.4 Å². The van der Waals surface area contributed by atoms with Crippen LogP contribution in [0.15, 0.2) is 30.3 Å². The topological polar surface area (TPSA) is 97.1 Å². The summed E-state index contributed by atoms with van der Waals surface area (Å²) >= 11 is 1.27. The lowest BCUT2D eigenvalue weighted by Crippen LogP contribution is -2.27. The zero-order valence-electron chi connectivity index (χ0n) is 12.7. The molecule has 2 rings (SSSR count). The number of nitrogens with one attached hydrogen (secondary N) is 1. The molecule has 0 unspecified atom stereocenters. The molecule has 1 heterocycles. The first-order chi connectivity index (χ1) is 11.1. The molecule has 1 amide bonds. The predicted molar refractivity (Wildman–Crippen MR) is 87.8 cm³/mol. The number of para-hydroxylation sites is 1. The van der Waals surface area contributed by atoms with Gasteiger partial charge in [0.15, 0.2) is 0 Å². The monoisotopic (exact) mass is 334 g/mol. The Morgan fingerprint density at radius 2 is 2.04 bits per heavy atom. The van der Waals surface area contributed by atoms with Crippen LogP contribution in [-0.2, 0) is 16.0 Å². The molecule has 0 atom stereocenters. The number of carboxylic acids is 1. The highest BCUT2D eigenvalue weighted by atomic mass is 32.2. The van der Waals surface area contributed by atoms with Gasteiger partial charge in [-0.25, -0.2) is 4.68 Å². The Labute approximate surface area is 138 Å². The summed E-state index contributed by atoms with van der Waals surface area (Å²) in [6.07, 6.45) is 0.155. The Morgan fingerprint density at radius 1 is 1.30 bits per heavy atom. The molecule has 0 radical (unpaired) electrons. The minimum Gasteiger partial charge on any atom is -0.481 e. The zero-order valence-corrected chi connectivity index (χ0v) is 13.5. The first-order valence-electron chi connectivity index (χ1n) is 7.10. The van der Waals surface area contributed by atoms with Gasteiger partial charge in [0.1, 0.15) is 0 Å². The number of thioether (sulfide) groups is 1. The number of benzene rings is 1. The summed E-state index contributed by atoms with van der Waals surface area (Å²) in [5, 5.41) is 19.4. The molecule has 0 aliphatic carbocycles. The lowest BCUT2D eigenvalue weighted by atomic mass is 10.2. The minimum absolute atomic E-state index is 0.0420. The van der Waals surface area contributed by atoms with Crippen LogP contribution in [0.4, 0.5) is 0 Å². The van der Waals surface area contributed by atoms with Crippen molar-refractivity contribution in [3.8, 4) is 5.69 Å². The van der Waals surface area contributed by atoms with Crippen LogP contribution in [0.1, 0.15) is 11.4 Å². The van der Waals surface area contributed by atoms with Crippen LogP contribution in [-0.4, -0.2) is 50.0 Å². The Morgan fingerprint density at radius 3 is 2.74 bits per heavy atom. The molecule has 8 heteroatoms. The molecular weight excluding hydrogens is 316 g/mol. The fourth-order valence-corrected chi connectivity index (χ4v) is 2.54. The van der Waals surface area contributed by atoms with Crippen LogP contribution in [0.3, 0.4) is 0 Å². The van der Waals surface area contributed by atoms with E-state index in [2.05, 4.69) is 15.6 Å². The van der Waals surface area contributed by atoms with Crippen LogP contribution in [0.2, 0.25) is 0 Å². The van der Waals surface area contributed by atoms with Crippen molar-refractivity contribution in [2.24, 2.45) is 0 Å². The number of rotatable bonds is 8. The number of hydrogen-bond donors (Lipinski definition) is 2. The Bertz CT molecular complexity index is 673. The third-order valence-electron chi connectivity index (χ3n) is 3.11. The van der Waals surface area contributed by atoms with Gasteiger partial charge in [0, 0.05) is 12.3 Å². The molecule has 0 aliphatic heterocycles. The maximum Gasteiger partial charge on any atom is 0.313 e. The summed E-state index contributed by atoms with van der Waals surface area (Å²) in [5.41, 5.74) is 2.35.